The second-order valence-electron chi connectivity index (χ2n) is 5.78. The summed E-state index contributed by atoms with van der Waals surface area (Å²) in [6, 6.07) is 5.48. The van der Waals surface area contributed by atoms with Crippen molar-refractivity contribution in [2.45, 2.75) is 12.8 Å². The molecule has 0 spiro atoms. The number of fused-ring (bicyclic) bond motifs is 1. The van der Waals surface area contributed by atoms with Gasteiger partial charge in [0.2, 0.25) is 5.91 Å². The van der Waals surface area contributed by atoms with Crippen LogP contribution in [0, 0.1) is 5.41 Å². The van der Waals surface area contributed by atoms with Crippen LogP contribution in [-0.2, 0) is 9.53 Å². The molecule has 1 saturated heterocycles. The van der Waals surface area contributed by atoms with Crippen LogP contribution in [-0.4, -0.2) is 45.9 Å². The lowest BCUT2D eigenvalue weighted by Crippen LogP contribution is -2.47. The first-order valence-corrected chi connectivity index (χ1v) is 7.64. The number of halogens is 1. The van der Waals surface area contributed by atoms with Gasteiger partial charge in [0, 0.05) is 18.9 Å². The highest BCUT2D eigenvalue weighted by molar-refractivity contribution is 5.95. The van der Waals surface area contributed by atoms with Crippen LogP contribution in [0.3, 0.4) is 0 Å². The molecule has 2 aliphatic rings. The van der Waals surface area contributed by atoms with Crippen LogP contribution in [0.25, 0.3) is 0 Å². The van der Waals surface area contributed by atoms with Crippen LogP contribution in [0.1, 0.15) is 12.8 Å². The lowest BCUT2D eigenvalue weighted by molar-refractivity contribution is -0.130. The SMILES string of the molecule is COCC1(C(=O)Nc2ccc3c(c2)OCCO3)CCNCC1.Cl. The topological polar surface area (TPSA) is 68.8 Å². The molecule has 128 valence electrons. The molecule has 0 aromatic heterocycles. The van der Waals surface area contributed by atoms with Crippen molar-refractivity contribution in [1.82, 2.24) is 5.32 Å². The third kappa shape index (κ3) is 3.88. The highest BCUT2D eigenvalue weighted by Crippen LogP contribution is 2.35. The molecule has 1 fully saturated rings. The van der Waals surface area contributed by atoms with E-state index in [2.05, 4.69) is 10.6 Å². The number of anilines is 1. The Hall–Kier alpha value is -1.50. The van der Waals surface area contributed by atoms with Gasteiger partial charge in [0.1, 0.15) is 13.2 Å². The van der Waals surface area contributed by atoms with Crippen LogP contribution in [0.4, 0.5) is 5.69 Å². The van der Waals surface area contributed by atoms with E-state index in [4.69, 9.17) is 14.2 Å². The summed E-state index contributed by atoms with van der Waals surface area (Å²) in [5, 5.41) is 6.29. The molecule has 0 saturated carbocycles. The standard InChI is InChI=1S/C16H22N2O4.ClH/c1-20-11-16(4-6-17-7-5-16)15(19)18-12-2-3-13-14(10-12)22-9-8-21-13;/h2-3,10,17H,4-9,11H2,1H3,(H,18,19);1H. The molecule has 3 rings (SSSR count). The largest absolute Gasteiger partial charge is 0.486 e. The number of nitrogens with one attached hydrogen (secondary N) is 2. The quantitative estimate of drug-likeness (QED) is 0.873. The summed E-state index contributed by atoms with van der Waals surface area (Å²) in [4.78, 5) is 12.8. The Labute approximate surface area is 142 Å². The Bertz CT molecular complexity index is 541. The maximum absolute atomic E-state index is 12.8. The zero-order chi connectivity index (χ0) is 15.4. The van der Waals surface area contributed by atoms with Crippen molar-refractivity contribution < 1.29 is 19.0 Å². The summed E-state index contributed by atoms with van der Waals surface area (Å²) in [5.41, 5.74) is 0.260. The molecule has 1 aromatic rings. The van der Waals surface area contributed by atoms with E-state index in [0.717, 1.165) is 37.4 Å². The van der Waals surface area contributed by atoms with Crippen molar-refractivity contribution in [2.24, 2.45) is 5.41 Å². The van der Waals surface area contributed by atoms with Crippen LogP contribution in [0.15, 0.2) is 18.2 Å². The number of ether oxygens (including phenoxy) is 3. The summed E-state index contributed by atoms with van der Waals surface area (Å²) >= 11 is 0. The van der Waals surface area contributed by atoms with Crippen molar-refractivity contribution in [1.29, 1.82) is 0 Å². The summed E-state index contributed by atoms with van der Waals surface area (Å²) in [6.07, 6.45) is 1.55. The van der Waals surface area contributed by atoms with Gasteiger partial charge in [0.05, 0.1) is 12.0 Å². The molecule has 2 aliphatic heterocycles. The molecule has 2 heterocycles. The van der Waals surface area contributed by atoms with Crippen LogP contribution >= 0.6 is 12.4 Å². The summed E-state index contributed by atoms with van der Waals surface area (Å²) in [5.74, 6) is 1.40. The first kappa shape index (κ1) is 17.8. The molecule has 23 heavy (non-hydrogen) atoms. The average molecular weight is 343 g/mol. The minimum atomic E-state index is -0.465. The Morgan fingerprint density at radius 2 is 1.96 bits per heavy atom. The van der Waals surface area contributed by atoms with Gasteiger partial charge in [-0.2, -0.15) is 0 Å². The fourth-order valence-corrected chi connectivity index (χ4v) is 3.00. The summed E-state index contributed by atoms with van der Waals surface area (Å²) in [6.45, 7) is 3.19. The molecular weight excluding hydrogens is 320 g/mol. The average Bonchev–Trinajstić information content (AvgIpc) is 2.56. The molecule has 0 unspecified atom stereocenters. The minimum absolute atomic E-state index is 0. The molecule has 0 bridgehead atoms. The van der Waals surface area contributed by atoms with Gasteiger partial charge < -0.3 is 24.8 Å². The maximum atomic E-state index is 12.8. The predicted octanol–water partition coefficient (Wildman–Crippen LogP) is 1.83. The van der Waals surface area contributed by atoms with Gasteiger partial charge in [-0.3, -0.25) is 4.79 Å². The molecule has 0 aliphatic carbocycles. The van der Waals surface area contributed by atoms with E-state index in [1.807, 2.05) is 18.2 Å². The van der Waals surface area contributed by atoms with Crippen molar-refractivity contribution in [3.8, 4) is 11.5 Å². The number of piperidine rings is 1. The van der Waals surface area contributed by atoms with E-state index in [9.17, 15) is 4.79 Å². The number of benzene rings is 1. The zero-order valence-electron chi connectivity index (χ0n) is 13.2. The maximum Gasteiger partial charge on any atom is 0.233 e. The van der Waals surface area contributed by atoms with Crippen LogP contribution < -0.4 is 20.1 Å². The van der Waals surface area contributed by atoms with Gasteiger partial charge >= 0.3 is 0 Å². The highest BCUT2D eigenvalue weighted by atomic mass is 35.5. The van der Waals surface area contributed by atoms with Gasteiger partial charge in [0.15, 0.2) is 11.5 Å². The lowest BCUT2D eigenvalue weighted by Gasteiger charge is -2.35. The van der Waals surface area contributed by atoms with Crippen LogP contribution in [0.2, 0.25) is 0 Å². The third-order valence-corrected chi connectivity index (χ3v) is 4.26. The molecular formula is C16H23ClN2O4. The number of hydrogen-bond donors (Lipinski definition) is 2. The lowest BCUT2D eigenvalue weighted by atomic mass is 9.78. The Morgan fingerprint density at radius 1 is 1.26 bits per heavy atom. The predicted molar refractivity (Wildman–Crippen MR) is 89.7 cm³/mol. The first-order valence-electron chi connectivity index (χ1n) is 7.64. The molecule has 1 amide bonds. The Morgan fingerprint density at radius 3 is 2.65 bits per heavy atom. The van der Waals surface area contributed by atoms with Gasteiger partial charge in [-0.1, -0.05) is 0 Å². The highest BCUT2D eigenvalue weighted by Gasteiger charge is 2.39. The molecule has 0 atom stereocenters. The van der Waals surface area contributed by atoms with Gasteiger partial charge in [0.25, 0.3) is 0 Å². The van der Waals surface area contributed by atoms with Gasteiger partial charge in [-0.05, 0) is 38.1 Å². The monoisotopic (exact) mass is 342 g/mol. The number of carbonyl (C=O) groups is 1. The van der Waals surface area contributed by atoms with E-state index in [-0.39, 0.29) is 18.3 Å². The number of hydrogen-bond acceptors (Lipinski definition) is 5. The van der Waals surface area contributed by atoms with Crippen molar-refractivity contribution in [3.05, 3.63) is 18.2 Å². The molecule has 6 nitrogen and oxygen atoms in total. The number of rotatable bonds is 4. The zero-order valence-corrected chi connectivity index (χ0v) is 14.0. The molecule has 7 heteroatoms. The molecule has 2 N–H and O–H groups in total. The molecule has 0 radical (unpaired) electrons. The Kier molecular flexibility index (Phi) is 6.10. The number of carbonyl (C=O) groups excluding carboxylic acids is 1. The molecule has 1 aromatic carbocycles. The van der Waals surface area contributed by atoms with E-state index in [1.54, 1.807) is 7.11 Å². The first-order chi connectivity index (χ1) is 10.7. The van der Waals surface area contributed by atoms with Crippen molar-refractivity contribution >= 4 is 24.0 Å². The fraction of sp³-hybridized carbons (Fsp3) is 0.562. The van der Waals surface area contributed by atoms with E-state index >= 15 is 0 Å². The number of amides is 1. The normalized spacial score (nSPS) is 18.7. The minimum Gasteiger partial charge on any atom is -0.486 e. The summed E-state index contributed by atoms with van der Waals surface area (Å²) < 4.78 is 16.3. The fourth-order valence-electron chi connectivity index (χ4n) is 3.00. The van der Waals surface area contributed by atoms with Crippen LogP contribution in [0.5, 0.6) is 11.5 Å². The van der Waals surface area contributed by atoms with E-state index in [0.29, 0.717) is 25.6 Å². The summed E-state index contributed by atoms with van der Waals surface area (Å²) in [7, 11) is 1.64. The second kappa shape index (κ2) is 7.86. The van der Waals surface area contributed by atoms with Crippen molar-refractivity contribution in [3.63, 3.8) is 0 Å². The van der Waals surface area contributed by atoms with Gasteiger partial charge in [-0.15, -0.1) is 12.4 Å². The van der Waals surface area contributed by atoms with Gasteiger partial charge in [-0.25, -0.2) is 0 Å². The second-order valence-corrected chi connectivity index (χ2v) is 5.78. The Balaban J connectivity index is 0.00000192. The third-order valence-electron chi connectivity index (χ3n) is 4.26. The smallest absolute Gasteiger partial charge is 0.233 e. The van der Waals surface area contributed by atoms with E-state index < -0.39 is 5.41 Å². The van der Waals surface area contributed by atoms with E-state index in [1.165, 1.54) is 0 Å². The number of methoxy groups -OCH3 is 1. The van der Waals surface area contributed by atoms with Crippen molar-refractivity contribution in [2.75, 3.05) is 45.3 Å².